The highest BCUT2D eigenvalue weighted by Gasteiger charge is 2.41. The van der Waals surface area contributed by atoms with Crippen molar-refractivity contribution in [3.63, 3.8) is 0 Å². The number of nitrogens with one attached hydrogen (secondary N) is 1. The first-order valence-corrected chi connectivity index (χ1v) is 9.27. The van der Waals surface area contributed by atoms with Gasteiger partial charge in [-0.25, -0.2) is 14.3 Å². The lowest BCUT2D eigenvalue weighted by molar-refractivity contribution is -0.143. The predicted molar refractivity (Wildman–Crippen MR) is 104 cm³/mol. The largest absolute Gasteiger partial charge is 0.480 e. The van der Waals surface area contributed by atoms with E-state index in [-0.39, 0.29) is 11.6 Å². The fourth-order valence-corrected chi connectivity index (χ4v) is 2.66. The number of amides is 1. The SMILES string of the molecule is Cc1ccc(Oc2c(CC(NC(=O)OC(C)(C)C)C(=O)O)c(C(F)(F)F)nn2C)cc1. The summed E-state index contributed by atoms with van der Waals surface area (Å²) in [5.41, 5.74) is -1.80. The number of rotatable bonds is 6. The zero-order valence-electron chi connectivity index (χ0n) is 17.7. The molecule has 8 nitrogen and oxygen atoms in total. The summed E-state index contributed by atoms with van der Waals surface area (Å²) in [4.78, 5) is 23.6. The van der Waals surface area contributed by atoms with Gasteiger partial charge < -0.3 is 19.9 Å². The summed E-state index contributed by atoms with van der Waals surface area (Å²) in [7, 11) is 1.25. The van der Waals surface area contributed by atoms with E-state index >= 15 is 0 Å². The third kappa shape index (κ3) is 6.63. The van der Waals surface area contributed by atoms with Crippen LogP contribution in [0.1, 0.15) is 37.6 Å². The highest BCUT2D eigenvalue weighted by atomic mass is 19.4. The number of ether oxygens (including phenoxy) is 2. The molecule has 1 aromatic carbocycles. The molecule has 0 aliphatic carbocycles. The normalized spacial score (nSPS) is 12.9. The minimum absolute atomic E-state index is 0.246. The Bertz CT molecular complexity index is 947. The molecule has 2 N–H and O–H groups in total. The number of alkyl carbamates (subject to hydrolysis) is 1. The van der Waals surface area contributed by atoms with E-state index in [2.05, 4.69) is 10.4 Å². The van der Waals surface area contributed by atoms with Crippen LogP contribution in [0.2, 0.25) is 0 Å². The standard InChI is InChI=1S/C20H24F3N3O5/c1-11-6-8-12(9-7-11)30-16-13(15(20(21,22)23)25-26(16)5)10-14(17(27)28)24-18(29)31-19(2,3)4/h6-9,14H,10H2,1-5H3,(H,24,29)(H,27,28). The van der Waals surface area contributed by atoms with Gasteiger partial charge in [-0.05, 0) is 39.8 Å². The molecule has 1 amide bonds. The van der Waals surface area contributed by atoms with Gasteiger partial charge >= 0.3 is 18.2 Å². The first kappa shape index (κ1) is 24.0. The number of hydrogen-bond acceptors (Lipinski definition) is 5. The van der Waals surface area contributed by atoms with Gasteiger partial charge in [0.05, 0.1) is 0 Å². The number of carboxylic acids is 1. The molecule has 2 aromatic rings. The molecule has 0 fully saturated rings. The maximum Gasteiger partial charge on any atom is 0.435 e. The average molecular weight is 443 g/mol. The van der Waals surface area contributed by atoms with Crippen LogP contribution in [0.15, 0.2) is 24.3 Å². The summed E-state index contributed by atoms with van der Waals surface area (Å²) >= 11 is 0. The minimum Gasteiger partial charge on any atom is -0.480 e. The fraction of sp³-hybridized carbons (Fsp3) is 0.450. The Morgan fingerprint density at radius 1 is 1.19 bits per heavy atom. The van der Waals surface area contributed by atoms with Crippen LogP contribution in [0.3, 0.4) is 0 Å². The quantitative estimate of drug-likeness (QED) is 0.698. The molecule has 2 rings (SSSR count). The smallest absolute Gasteiger partial charge is 0.435 e. The Balaban J connectivity index is 2.42. The molecule has 1 atom stereocenters. The maximum atomic E-state index is 13.6. The number of aryl methyl sites for hydroxylation is 2. The number of benzene rings is 1. The second-order valence-corrected chi connectivity index (χ2v) is 7.91. The van der Waals surface area contributed by atoms with E-state index in [9.17, 15) is 27.9 Å². The van der Waals surface area contributed by atoms with Crippen molar-refractivity contribution in [1.29, 1.82) is 0 Å². The van der Waals surface area contributed by atoms with Gasteiger partial charge in [0.15, 0.2) is 5.69 Å². The van der Waals surface area contributed by atoms with Crippen molar-refractivity contribution >= 4 is 12.1 Å². The molecule has 0 radical (unpaired) electrons. The fourth-order valence-electron chi connectivity index (χ4n) is 2.66. The third-order valence-electron chi connectivity index (χ3n) is 3.99. The average Bonchev–Trinajstić information content (AvgIpc) is 2.91. The van der Waals surface area contributed by atoms with Crippen LogP contribution in [0.4, 0.5) is 18.0 Å². The van der Waals surface area contributed by atoms with Crippen LogP contribution >= 0.6 is 0 Å². The van der Waals surface area contributed by atoms with Crippen molar-refractivity contribution in [2.75, 3.05) is 0 Å². The van der Waals surface area contributed by atoms with Crippen LogP contribution < -0.4 is 10.1 Å². The zero-order chi connectivity index (χ0) is 23.6. The van der Waals surface area contributed by atoms with Crippen LogP contribution in [0, 0.1) is 6.92 Å². The molecule has 0 saturated carbocycles. The number of carboxylic acid groups (broad SMARTS) is 1. The molecule has 1 unspecified atom stereocenters. The number of halogens is 3. The maximum absolute atomic E-state index is 13.6. The van der Waals surface area contributed by atoms with Gasteiger partial charge in [0.2, 0.25) is 5.88 Å². The number of carbonyl (C=O) groups is 2. The lowest BCUT2D eigenvalue weighted by Crippen LogP contribution is -2.44. The van der Waals surface area contributed by atoms with Crippen LogP contribution in [-0.2, 0) is 29.2 Å². The van der Waals surface area contributed by atoms with Gasteiger partial charge in [-0.3, -0.25) is 0 Å². The van der Waals surface area contributed by atoms with Crippen LogP contribution in [-0.4, -0.2) is 38.6 Å². The van der Waals surface area contributed by atoms with Crippen molar-refractivity contribution in [2.45, 2.75) is 51.9 Å². The van der Waals surface area contributed by atoms with Gasteiger partial charge in [-0.2, -0.15) is 18.3 Å². The first-order valence-electron chi connectivity index (χ1n) is 9.27. The summed E-state index contributed by atoms with van der Waals surface area (Å²) in [6.07, 6.45) is -6.66. The molecule has 31 heavy (non-hydrogen) atoms. The molecule has 1 aromatic heterocycles. The minimum atomic E-state index is -4.86. The highest BCUT2D eigenvalue weighted by Crippen LogP contribution is 2.37. The number of aliphatic carboxylic acids is 1. The number of aromatic nitrogens is 2. The molecule has 1 heterocycles. The Morgan fingerprint density at radius 2 is 1.77 bits per heavy atom. The van der Waals surface area contributed by atoms with Gasteiger partial charge in [-0.1, -0.05) is 17.7 Å². The second-order valence-electron chi connectivity index (χ2n) is 7.91. The van der Waals surface area contributed by atoms with Crippen molar-refractivity contribution < 1.29 is 37.3 Å². The molecule has 0 saturated heterocycles. The van der Waals surface area contributed by atoms with Gasteiger partial charge in [-0.15, -0.1) is 0 Å². The molecule has 11 heteroatoms. The molecule has 0 aliphatic heterocycles. The van der Waals surface area contributed by atoms with E-state index in [0.717, 1.165) is 10.2 Å². The van der Waals surface area contributed by atoms with E-state index < -0.39 is 47.6 Å². The summed E-state index contributed by atoms with van der Waals surface area (Å²) in [5, 5.41) is 15.0. The Hall–Kier alpha value is -3.24. The van der Waals surface area contributed by atoms with E-state index in [1.54, 1.807) is 45.0 Å². The van der Waals surface area contributed by atoms with Gasteiger partial charge in [0.25, 0.3) is 0 Å². The first-order chi connectivity index (χ1) is 14.2. The lowest BCUT2D eigenvalue weighted by Gasteiger charge is -2.22. The molecule has 170 valence electrons. The number of hydrogen-bond donors (Lipinski definition) is 2. The molecule has 0 bridgehead atoms. The van der Waals surface area contributed by atoms with Gasteiger partial charge in [0.1, 0.15) is 17.4 Å². The molecular formula is C20H24F3N3O5. The van der Waals surface area contributed by atoms with E-state index in [0.29, 0.717) is 0 Å². The number of nitrogens with zero attached hydrogens (tertiary/aromatic N) is 2. The Morgan fingerprint density at radius 3 is 2.26 bits per heavy atom. The Kier molecular flexibility index (Phi) is 6.87. The van der Waals surface area contributed by atoms with Gasteiger partial charge in [0, 0.05) is 19.0 Å². The van der Waals surface area contributed by atoms with E-state index in [1.807, 2.05) is 6.92 Å². The predicted octanol–water partition coefficient (Wildman–Crippen LogP) is 4.06. The lowest BCUT2D eigenvalue weighted by atomic mass is 10.1. The van der Waals surface area contributed by atoms with Crippen LogP contribution in [0.5, 0.6) is 11.6 Å². The number of carbonyl (C=O) groups excluding carboxylic acids is 1. The summed E-state index contributed by atoms with van der Waals surface area (Å²) in [5.74, 6) is -1.58. The van der Waals surface area contributed by atoms with Crippen molar-refractivity contribution in [3.05, 3.63) is 41.1 Å². The molecule has 0 aliphatic rings. The topological polar surface area (TPSA) is 103 Å². The Labute approximate surface area is 177 Å². The summed E-state index contributed by atoms with van der Waals surface area (Å²) in [6.45, 7) is 6.54. The second kappa shape index (κ2) is 8.86. The van der Waals surface area contributed by atoms with Crippen molar-refractivity contribution in [3.8, 4) is 11.6 Å². The van der Waals surface area contributed by atoms with Crippen LogP contribution in [0.25, 0.3) is 0 Å². The van der Waals surface area contributed by atoms with E-state index in [4.69, 9.17) is 9.47 Å². The highest BCUT2D eigenvalue weighted by molar-refractivity contribution is 5.80. The number of alkyl halides is 3. The zero-order valence-corrected chi connectivity index (χ0v) is 17.7. The third-order valence-corrected chi connectivity index (χ3v) is 3.99. The summed E-state index contributed by atoms with van der Waals surface area (Å²) in [6, 6.07) is 4.83. The monoisotopic (exact) mass is 443 g/mol. The summed E-state index contributed by atoms with van der Waals surface area (Å²) < 4.78 is 52.2. The molecule has 0 spiro atoms. The van der Waals surface area contributed by atoms with Crippen molar-refractivity contribution in [2.24, 2.45) is 7.05 Å². The van der Waals surface area contributed by atoms with E-state index in [1.165, 1.54) is 7.05 Å². The van der Waals surface area contributed by atoms with Crippen molar-refractivity contribution in [1.82, 2.24) is 15.1 Å². The molecular weight excluding hydrogens is 419 g/mol.